The first-order chi connectivity index (χ1) is 11.1. The highest BCUT2D eigenvalue weighted by Gasteiger charge is 2.34. The van der Waals surface area contributed by atoms with Gasteiger partial charge in [0.05, 0.1) is 5.92 Å². The Morgan fingerprint density at radius 1 is 1.04 bits per heavy atom. The average molecular weight is 316 g/mol. The molecule has 2 N–H and O–H groups in total. The van der Waals surface area contributed by atoms with Crippen molar-refractivity contribution in [1.82, 2.24) is 10.2 Å². The average Bonchev–Trinajstić information content (AvgIpc) is 3.39. The lowest BCUT2D eigenvalue weighted by Gasteiger charge is -2.30. The summed E-state index contributed by atoms with van der Waals surface area (Å²) in [6.07, 6.45) is 4.97. The summed E-state index contributed by atoms with van der Waals surface area (Å²) in [5.41, 5.74) is 1.14. The van der Waals surface area contributed by atoms with E-state index in [1.165, 1.54) is 0 Å². The standard InChI is InChI=1S/C18H24N2O3/c21-17(22)14-6-8-15(9-7-14)19-18(23)20(16-10-11-16)12-13-4-2-1-3-5-13/h1-5,14-16H,6-12H2,(H,19,23)(H,21,22). The SMILES string of the molecule is O=C(O)C1CCC(NC(=O)N(Cc2ccccc2)C2CC2)CC1. The predicted octanol–water partition coefficient (Wildman–Crippen LogP) is 3.00. The van der Waals surface area contributed by atoms with Crippen molar-refractivity contribution >= 4 is 12.0 Å². The van der Waals surface area contributed by atoms with E-state index in [0.717, 1.165) is 31.2 Å². The lowest BCUT2D eigenvalue weighted by Crippen LogP contribution is -2.46. The van der Waals surface area contributed by atoms with Crippen molar-refractivity contribution in [2.24, 2.45) is 5.92 Å². The van der Waals surface area contributed by atoms with E-state index in [1.807, 2.05) is 35.2 Å². The molecule has 0 heterocycles. The Kier molecular flexibility index (Phi) is 4.84. The number of benzene rings is 1. The molecular weight excluding hydrogens is 292 g/mol. The summed E-state index contributed by atoms with van der Waals surface area (Å²) in [6, 6.07) is 10.5. The third-order valence-electron chi connectivity index (χ3n) is 4.85. The number of carbonyl (C=O) groups is 2. The van der Waals surface area contributed by atoms with Gasteiger partial charge in [-0.1, -0.05) is 30.3 Å². The molecule has 1 aromatic carbocycles. The molecule has 1 aromatic rings. The molecule has 0 aliphatic heterocycles. The lowest BCUT2D eigenvalue weighted by molar-refractivity contribution is -0.142. The minimum absolute atomic E-state index is 0.00451. The van der Waals surface area contributed by atoms with Gasteiger partial charge in [0.15, 0.2) is 0 Å². The second-order valence-electron chi connectivity index (χ2n) is 6.68. The van der Waals surface area contributed by atoms with Crippen molar-refractivity contribution in [2.75, 3.05) is 0 Å². The van der Waals surface area contributed by atoms with Crippen molar-refractivity contribution < 1.29 is 14.7 Å². The normalized spacial score (nSPS) is 24.0. The van der Waals surface area contributed by atoms with Gasteiger partial charge in [-0.25, -0.2) is 4.79 Å². The van der Waals surface area contributed by atoms with Crippen LogP contribution in [0.5, 0.6) is 0 Å². The molecular formula is C18H24N2O3. The number of amides is 2. The van der Waals surface area contributed by atoms with Crippen molar-refractivity contribution in [3.05, 3.63) is 35.9 Å². The predicted molar refractivity (Wildman–Crippen MR) is 86.9 cm³/mol. The van der Waals surface area contributed by atoms with Gasteiger partial charge in [-0.2, -0.15) is 0 Å². The third-order valence-corrected chi connectivity index (χ3v) is 4.85. The lowest BCUT2D eigenvalue weighted by atomic mass is 9.86. The summed E-state index contributed by atoms with van der Waals surface area (Å²) in [7, 11) is 0. The van der Waals surface area contributed by atoms with Crippen molar-refractivity contribution in [3.8, 4) is 0 Å². The van der Waals surface area contributed by atoms with Gasteiger partial charge >= 0.3 is 12.0 Å². The second kappa shape index (κ2) is 7.02. The van der Waals surface area contributed by atoms with Crippen LogP contribution in [0.25, 0.3) is 0 Å². The Labute approximate surface area is 136 Å². The summed E-state index contributed by atoms with van der Waals surface area (Å²) in [6.45, 7) is 0.641. The first kappa shape index (κ1) is 15.8. The maximum Gasteiger partial charge on any atom is 0.318 e. The maximum atomic E-state index is 12.6. The highest BCUT2D eigenvalue weighted by molar-refractivity contribution is 5.75. The molecule has 2 aliphatic rings. The Hall–Kier alpha value is -2.04. The molecule has 0 bridgehead atoms. The third kappa shape index (κ3) is 4.24. The van der Waals surface area contributed by atoms with Crippen LogP contribution in [0.2, 0.25) is 0 Å². The zero-order valence-corrected chi connectivity index (χ0v) is 13.3. The van der Waals surface area contributed by atoms with Gasteiger partial charge in [0.25, 0.3) is 0 Å². The van der Waals surface area contributed by atoms with Crippen LogP contribution in [-0.2, 0) is 11.3 Å². The van der Waals surface area contributed by atoms with E-state index in [4.69, 9.17) is 5.11 Å². The zero-order chi connectivity index (χ0) is 16.2. The number of carboxylic acids is 1. The second-order valence-corrected chi connectivity index (χ2v) is 6.68. The van der Waals surface area contributed by atoms with Gasteiger partial charge in [0.1, 0.15) is 0 Å². The molecule has 3 rings (SSSR count). The number of hydrogen-bond donors (Lipinski definition) is 2. The maximum absolute atomic E-state index is 12.6. The van der Waals surface area contributed by atoms with Gasteiger partial charge in [-0.05, 0) is 44.1 Å². The van der Waals surface area contributed by atoms with Crippen LogP contribution >= 0.6 is 0 Å². The summed E-state index contributed by atoms with van der Waals surface area (Å²) in [5.74, 6) is -0.953. The molecule has 0 aromatic heterocycles. The Morgan fingerprint density at radius 3 is 2.26 bits per heavy atom. The molecule has 124 valence electrons. The number of hydrogen-bond acceptors (Lipinski definition) is 2. The molecule has 0 radical (unpaired) electrons. The largest absolute Gasteiger partial charge is 0.481 e. The van der Waals surface area contributed by atoms with Crippen LogP contribution < -0.4 is 5.32 Å². The highest BCUT2D eigenvalue weighted by Crippen LogP contribution is 2.29. The highest BCUT2D eigenvalue weighted by atomic mass is 16.4. The van der Waals surface area contributed by atoms with E-state index in [-0.39, 0.29) is 18.0 Å². The van der Waals surface area contributed by atoms with Crippen LogP contribution in [0.4, 0.5) is 4.79 Å². The topological polar surface area (TPSA) is 69.6 Å². The number of aliphatic carboxylic acids is 1. The van der Waals surface area contributed by atoms with Crippen LogP contribution in [0, 0.1) is 5.92 Å². The van der Waals surface area contributed by atoms with Crippen LogP contribution in [-0.4, -0.2) is 34.1 Å². The minimum Gasteiger partial charge on any atom is -0.481 e. The quantitative estimate of drug-likeness (QED) is 0.877. The minimum atomic E-state index is -0.710. The summed E-state index contributed by atoms with van der Waals surface area (Å²) in [5, 5.41) is 12.2. The van der Waals surface area contributed by atoms with Crippen molar-refractivity contribution in [1.29, 1.82) is 0 Å². The molecule has 5 nitrogen and oxygen atoms in total. The molecule has 23 heavy (non-hydrogen) atoms. The zero-order valence-electron chi connectivity index (χ0n) is 13.3. The van der Waals surface area contributed by atoms with E-state index >= 15 is 0 Å². The number of carbonyl (C=O) groups excluding carboxylic acids is 1. The first-order valence-electron chi connectivity index (χ1n) is 8.47. The Morgan fingerprint density at radius 2 is 1.70 bits per heavy atom. The van der Waals surface area contributed by atoms with Gasteiger partial charge in [-0.15, -0.1) is 0 Å². The van der Waals surface area contributed by atoms with Gasteiger partial charge in [0.2, 0.25) is 0 Å². The number of nitrogens with one attached hydrogen (secondary N) is 1. The van der Waals surface area contributed by atoms with Crippen molar-refractivity contribution in [3.63, 3.8) is 0 Å². The molecule has 2 aliphatic carbocycles. The van der Waals surface area contributed by atoms with Gasteiger partial charge < -0.3 is 15.3 Å². The van der Waals surface area contributed by atoms with Gasteiger partial charge in [-0.3, -0.25) is 4.79 Å². The monoisotopic (exact) mass is 316 g/mol. The number of carboxylic acid groups (broad SMARTS) is 1. The molecule has 0 atom stereocenters. The number of rotatable bonds is 5. The molecule has 0 spiro atoms. The van der Waals surface area contributed by atoms with E-state index in [9.17, 15) is 9.59 Å². The van der Waals surface area contributed by atoms with Crippen molar-refractivity contribution in [2.45, 2.75) is 57.2 Å². The number of nitrogens with zero attached hydrogens (tertiary/aromatic N) is 1. The molecule has 2 saturated carbocycles. The number of urea groups is 1. The fourth-order valence-corrected chi connectivity index (χ4v) is 3.28. The van der Waals surface area contributed by atoms with Crippen LogP contribution in [0.1, 0.15) is 44.1 Å². The molecule has 5 heteroatoms. The van der Waals surface area contributed by atoms with E-state index in [1.54, 1.807) is 0 Å². The summed E-state index contributed by atoms with van der Waals surface area (Å²) in [4.78, 5) is 25.5. The fraction of sp³-hybridized carbons (Fsp3) is 0.556. The smallest absolute Gasteiger partial charge is 0.318 e. The van der Waals surface area contributed by atoms with Crippen LogP contribution in [0.15, 0.2) is 30.3 Å². The molecule has 0 unspecified atom stereocenters. The van der Waals surface area contributed by atoms with E-state index in [2.05, 4.69) is 5.32 Å². The Bertz CT molecular complexity index is 549. The van der Waals surface area contributed by atoms with Crippen LogP contribution in [0.3, 0.4) is 0 Å². The molecule has 2 amide bonds. The first-order valence-corrected chi connectivity index (χ1v) is 8.47. The van der Waals surface area contributed by atoms with E-state index < -0.39 is 5.97 Å². The van der Waals surface area contributed by atoms with E-state index in [0.29, 0.717) is 25.4 Å². The molecule has 2 fully saturated rings. The fourth-order valence-electron chi connectivity index (χ4n) is 3.28. The Balaban J connectivity index is 1.54. The summed E-state index contributed by atoms with van der Waals surface area (Å²) >= 11 is 0. The van der Waals surface area contributed by atoms with Gasteiger partial charge in [0, 0.05) is 18.6 Å². The molecule has 0 saturated heterocycles. The summed E-state index contributed by atoms with van der Waals surface area (Å²) < 4.78 is 0.